The highest BCUT2D eigenvalue weighted by molar-refractivity contribution is 6.74. The van der Waals surface area contributed by atoms with Gasteiger partial charge in [0, 0.05) is 42.4 Å². The Morgan fingerprint density at radius 3 is 2.33 bits per heavy atom. The highest BCUT2D eigenvalue weighted by Gasteiger charge is 2.43. The van der Waals surface area contributed by atoms with Gasteiger partial charge in [0.1, 0.15) is 11.6 Å². The van der Waals surface area contributed by atoms with Crippen molar-refractivity contribution in [1.82, 2.24) is 9.88 Å². The van der Waals surface area contributed by atoms with E-state index in [-0.39, 0.29) is 30.1 Å². The van der Waals surface area contributed by atoms with Crippen LogP contribution in [0.15, 0.2) is 67.0 Å². The molecule has 0 saturated carbocycles. The van der Waals surface area contributed by atoms with E-state index >= 15 is 0 Å². The van der Waals surface area contributed by atoms with E-state index in [2.05, 4.69) is 50.7 Å². The fourth-order valence-electron chi connectivity index (χ4n) is 4.22. The van der Waals surface area contributed by atoms with Gasteiger partial charge in [-0.15, -0.1) is 0 Å². The molecular formula is C32H38FN3O6Si. The molecule has 0 aliphatic carbocycles. The van der Waals surface area contributed by atoms with Crippen molar-refractivity contribution >= 4 is 20.1 Å². The second-order valence-electron chi connectivity index (χ2n) is 11.7. The highest BCUT2D eigenvalue weighted by atomic mass is 28.4. The number of methoxy groups -OCH3 is 1. The van der Waals surface area contributed by atoms with E-state index in [0.717, 1.165) is 11.8 Å². The zero-order valence-electron chi connectivity index (χ0n) is 25.3. The van der Waals surface area contributed by atoms with Crippen LogP contribution in [0.4, 0.5) is 14.9 Å². The lowest BCUT2D eigenvalue weighted by Crippen LogP contribution is -2.49. The Labute approximate surface area is 253 Å². The summed E-state index contributed by atoms with van der Waals surface area (Å²) in [6.07, 6.45) is 1.21. The lowest BCUT2D eigenvalue weighted by Gasteiger charge is -2.43. The molecule has 1 unspecified atom stereocenters. The first-order valence-electron chi connectivity index (χ1n) is 13.9. The van der Waals surface area contributed by atoms with Gasteiger partial charge in [0.15, 0.2) is 8.32 Å². The van der Waals surface area contributed by atoms with Crippen LogP contribution in [0.5, 0.6) is 5.75 Å². The largest absolute Gasteiger partial charge is 0.497 e. The molecule has 1 heterocycles. The Kier molecular flexibility index (Phi) is 11.0. The molecule has 1 aromatic heterocycles. The summed E-state index contributed by atoms with van der Waals surface area (Å²) in [5, 5.41) is 21.2. The van der Waals surface area contributed by atoms with Crippen molar-refractivity contribution < 1.29 is 28.4 Å². The zero-order valence-corrected chi connectivity index (χ0v) is 26.3. The summed E-state index contributed by atoms with van der Waals surface area (Å²) in [5.74, 6) is 6.18. The molecule has 228 valence electrons. The molecule has 0 bridgehead atoms. The summed E-state index contributed by atoms with van der Waals surface area (Å²) in [5.41, 5.74) is 1.75. The highest BCUT2D eigenvalue weighted by Crippen LogP contribution is 2.42. The molecule has 0 saturated heterocycles. The molecule has 1 amide bonds. The van der Waals surface area contributed by atoms with Crippen LogP contribution < -0.4 is 4.74 Å². The Morgan fingerprint density at radius 1 is 1.14 bits per heavy atom. The third-order valence-electron chi connectivity index (χ3n) is 7.67. The van der Waals surface area contributed by atoms with Crippen LogP contribution in [0.25, 0.3) is 0 Å². The normalized spacial score (nSPS) is 12.9. The second kappa shape index (κ2) is 14.3. The lowest BCUT2D eigenvalue weighted by atomic mass is 9.97. The van der Waals surface area contributed by atoms with Gasteiger partial charge < -0.3 is 14.3 Å². The van der Waals surface area contributed by atoms with Crippen LogP contribution in [0.3, 0.4) is 0 Å². The summed E-state index contributed by atoms with van der Waals surface area (Å²) < 4.78 is 26.6. The number of rotatable bonds is 11. The predicted molar refractivity (Wildman–Crippen MR) is 165 cm³/mol. The monoisotopic (exact) mass is 607 g/mol. The summed E-state index contributed by atoms with van der Waals surface area (Å²) in [4.78, 5) is 28.7. The molecule has 3 aromatic rings. The maximum atomic E-state index is 14.5. The molecule has 3 rings (SSSR count). The fourth-order valence-corrected chi connectivity index (χ4v) is 5.50. The van der Waals surface area contributed by atoms with Crippen LogP contribution in [0.1, 0.15) is 56.4 Å². The first-order chi connectivity index (χ1) is 20.2. The van der Waals surface area contributed by atoms with E-state index in [1.165, 1.54) is 29.3 Å². The first-order valence-corrected chi connectivity index (χ1v) is 16.8. The molecule has 11 heteroatoms. The van der Waals surface area contributed by atoms with Crippen molar-refractivity contribution in [1.29, 1.82) is 0 Å². The van der Waals surface area contributed by atoms with E-state index in [4.69, 9.17) is 9.16 Å². The number of nitro groups is 1. The van der Waals surface area contributed by atoms with Gasteiger partial charge in [-0.3, -0.25) is 20.0 Å². The summed E-state index contributed by atoms with van der Waals surface area (Å²) in [6.45, 7) is 10.4. The Balaban J connectivity index is 2.04. The predicted octanol–water partition coefficient (Wildman–Crippen LogP) is 7.58. The maximum absolute atomic E-state index is 14.5. The fraction of sp³-hybridized carbons (Fsp3) is 0.375. The molecule has 0 fully saturated rings. The van der Waals surface area contributed by atoms with Gasteiger partial charge in [-0.05, 0) is 60.4 Å². The maximum Gasteiger partial charge on any atom is 0.407 e. The molecular weight excluding hydrogens is 569 g/mol. The summed E-state index contributed by atoms with van der Waals surface area (Å²) in [6, 6.07) is 13.6. The van der Waals surface area contributed by atoms with Crippen LogP contribution in [0, 0.1) is 27.8 Å². The number of carbonyl (C=O) groups is 1. The molecule has 0 aliphatic rings. The first kappa shape index (κ1) is 33.2. The van der Waals surface area contributed by atoms with Crippen molar-refractivity contribution in [3.05, 3.63) is 99.6 Å². The van der Waals surface area contributed by atoms with Gasteiger partial charge in [-0.25, -0.2) is 9.18 Å². The SMILES string of the molecule is COc1ccc(CN(C(=O)O)[C@H](CCC#Cc2ccc([N+](=O)[O-])cc2)C(O[Si](C)(C)C(C)(C)C)c2cncc(F)c2)cc1. The van der Waals surface area contributed by atoms with Gasteiger partial charge in [0.25, 0.3) is 5.69 Å². The number of hydrogen-bond acceptors (Lipinski definition) is 6. The number of hydrogen-bond donors (Lipinski definition) is 1. The van der Waals surface area contributed by atoms with Crippen LogP contribution in [-0.4, -0.2) is 47.5 Å². The molecule has 43 heavy (non-hydrogen) atoms. The van der Waals surface area contributed by atoms with Crippen molar-refractivity contribution in [3.8, 4) is 17.6 Å². The molecule has 9 nitrogen and oxygen atoms in total. The third-order valence-corrected chi connectivity index (χ3v) is 12.1. The number of ether oxygens (including phenoxy) is 1. The standard InChI is InChI=1S/C32H38FN3O6Si/c1-32(2,3)43(5,6)42-30(25-19-26(33)21-34-20-25)29(10-8-7-9-23-11-15-27(16-12-23)36(39)40)35(31(37)38)22-24-13-17-28(41-4)18-14-24/h11-21,29-30H,8,10,22H2,1-6H3,(H,37,38)/t29-,30?/m1/s1. The minimum Gasteiger partial charge on any atom is -0.497 e. The van der Waals surface area contributed by atoms with Gasteiger partial charge in [0.05, 0.1) is 30.4 Å². The smallest absolute Gasteiger partial charge is 0.407 e. The van der Waals surface area contributed by atoms with Gasteiger partial charge in [0.2, 0.25) is 0 Å². The lowest BCUT2D eigenvalue weighted by molar-refractivity contribution is -0.384. The number of halogens is 1. The number of nitrogens with zero attached hydrogens (tertiary/aromatic N) is 3. The third kappa shape index (κ3) is 9.10. The van der Waals surface area contributed by atoms with Crippen molar-refractivity contribution in [2.24, 2.45) is 0 Å². The Bertz CT molecular complexity index is 1460. The van der Waals surface area contributed by atoms with Crippen molar-refractivity contribution in [2.45, 2.75) is 70.4 Å². The Morgan fingerprint density at radius 2 is 1.79 bits per heavy atom. The van der Waals surface area contributed by atoms with E-state index in [1.807, 2.05) is 0 Å². The second-order valence-corrected chi connectivity index (χ2v) is 16.5. The number of nitro benzene ring substituents is 1. The van der Waals surface area contributed by atoms with E-state index < -0.39 is 37.3 Å². The quantitative estimate of drug-likeness (QED) is 0.103. The minimum absolute atomic E-state index is 0.0319. The minimum atomic E-state index is -2.51. The number of non-ortho nitro benzene ring substituents is 1. The van der Waals surface area contributed by atoms with Crippen molar-refractivity contribution in [3.63, 3.8) is 0 Å². The summed E-state index contributed by atoms with van der Waals surface area (Å²) in [7, 11) is -0.951. The number of carboxylic acid groups (broad SMARTS) is 1. The van der Waals surface area contributed by atoms with Gasteiger partial charge in [-0.2, -0.15) is 0 Å². The number of aromatic nitrogens is 1. The van der Waals surface area contributed by atoms with Gasteiger partial charge >= 0.3 is 6.09 Å². The van der Waals surface area contributed by atoms with Crippen LogP contribution >= 0.6 is 0 Å². The molecule has 0 aliphatic heterocycles. The molecule has 0 spiro atoms. The van der Waals surface area contributed by atoms with E-state index in [0.29, 0.717) is 16.9 Å². The number of benzene rings is 2. The average Bonchev–Trinajstić information content (AvgIpc) is 2.95. The number of amides is 1. The molecule has 0 radical (unpaired) electrons. The zero-order chi connectivity index (χ0) is 31.8. The van der Waals surface area contributed by atoms with Gasteiger partial charge in [-0.1, -0.05) is 44.7 Å². The van der Waals surface area contributed by atoms with Crippen LogP contribution in [0.2, 0.25) is 18.1 Å². The average molecular weight is 608 g/mol. The van der Waals surface area contributed by atoms with Crippen LogP contribution in [-0.2, 0) is 11.0 Å². The molecule has 2 atom stereocenters. The molecule has 2 aromatic carbocycles. The topological polar surface area (TPSA) is 115 Å². The Hall–Kier alpha value is -4.27. The van der Waals surface area contributed by atoms with Crippen molar-refractivity contribution in [2.75, 3.05) is 7.11 Å². The molecule has 1 N–H and O–H groups in total. The number of pyridine rings is 1. The summed E-state index contributed by atoms with van der Waals surface area (Å²) >= 11 is 0. The van der Waals surface area contributed by atoms with E-state index in [1.54, 1.807) is 43.5 Å². The van der Waals surface area contributed by atoms with E-state index in [9.17, 15) is 24.4 Å².